The average Bonchev–Trinajstić information content (AvgIpc) is 3.47. The van der Waals surface area contributed by atoms with Gasteiger partial charge in [-0.15, -0.1) is 0 Å². The number of benzene rings is 1. The van der Waals surface area contributed by atoms with Crippen molar-refractivity contribution in [1.82, 2.24) is 9.80 Å². The van der Waals surface area contributed by atoms with Crippen LogP contribution >= 0.6 is 0 Å². The van der Waals surface area contributed by atoms with Crippen LogP contribution < -0.4 is 0 Å². The van der Waals surface area contributed by atoms with Gasteiger partial charge in [-0.3, -0.25) is 9.59 Å². The average molecular weight is 350 g/mol. The molecule has 25 heavy (non-hydrogen) atoms. The molecule has 2 fully saturated rings. The van der Waals surface area contributed by atoms with Crippen LogP contribution in [0.4, 0.5) is 8.78 Å². The molecular weight excluding hydrogens is 326 g/mol. The number of hydrogen-bond acceptors (Lipinski definition) is 2. The largest absolute Gasteiger partial charge is 0.342 e. The molecule has 136 valence electrons. The first-order chi connectivity index (χ1) is 11.9. The van der Waals surface area contributed by atoms with Crippen molar-refractivity contribution in [2.24, 2.45) is 11.8 Å². The van der Waals surface area contributed by atoms with E-state index in [9.17, 15) is 18.4 Å². The predicted molar refractivity (Wildman–Crippen MR) is 89.6 cm³/mol. The van der Waals surface area contributed by atoms with Gasteiger partial charge in [0.15, 0.2) is 11.6 Å². The summed E-state index contributed by atoms with van der Waals surface area (Å²) in [6.07, 6.45) is 3.30. The number of amides is 2. The zero-order valence-electron chi connectivity index (χ0n) is 14.7. The van der Waals surface area contributed by atoms with Crippen LogP contribution in [0.3, 0.4) is 0 Å². The molecule has 1 saturated heterocycles. The summed E-state index contributed by atoms with van der Waals surface area (Å²) in [7, 11) is 1.69. The Bertz CT molecular complexity index is 667. The molecule has 1 heterocycles. The van der Waals surface area contributed by atoms with Gasteiger partial charge >= 0.3 is 0 Å². The molecule has 1 atom stereocenters. The summed E-state index contributed by atoms with van der Waals surface area (Å²) in [4.78, 5) is 28.3. The number of carbonyl (C=O) groups is 2. The van der Waals surface area contributed by atoms with Crippen LogP contribution in [0.1, 0.15) is 44.2 Å². The standard InChI is InChI=1S/C19H24F2N2O2/c1-12(15-5-6-16(20)17(21)11-15)22(2)18(24)14-7-9-23(10-8-14)19(25)13-3-4-13/h5-6,11-14H,3-4,7-10H2,1-2H3. The van der Waals surface area contributed by atoms with E-state index >= 15 is 0 Å². The molecule has 3 rings (SSSR count). The van der Waals surface area contributed by atoms with Crippen LogP contribution in [-0.2, 0) is 9.59 Å². The molecule has 1 aromatic carbocycles. The van der Waals surface area contributed by atoms with Crippen molar-refractivity contribution in [3.05, 3.63) is 35.4 Å². The normalized spacial score (nSPS) is 19.6. The lowest BCUT2D eigenvalue weighted by atomic mass is 9.94. The zero-order chi connectivity index (χ0) is 18.1. The maximum atomic E-state index is 13.4. The fourth-order valence-corrected chi connectivity index (χ4v) is 3.41. The molecular formula is C19H24F2N2O2. The Balaban J connectivity index is 1.58. The van der Waals surface area contributed by atoms with Crippen LogP contribution in [-0.4, -0.2) is 41.8 Å². The van der Waals surface area contributed by atoms with Gasteiger partial charge in [0.25, 0.3) is 0 Å². The zero-order valence-corrected chi connectivity index (χ0v) is 14.7. The monoisotopic (exact) mass is 350 g/mol. The molecule has 1 unspecified atom stereocenters. The van der Waals surface area contributed by atoms with Crippen molar-refractivity contribution in [3.8, 4) is 0 Å². The summed E-state index contributed by atoms with van der Waals surface area (Å²) in [5.74, 6) is -1.48. The maximum Gasteiger partial charge on any atom is 0.226 e. The topological polar surface area (TPSA) is 40.6 Å². The summed E-state index contributed by atoms with van der Waals surface area (Å²) in [5.41, 5.74) is 0.566. The lowest BCUT2D eigenvalue weighted by molar-refractivity contribution is -0.141. The highest BCUT2D eigenvalue weighted by molar-refractivity contribution is 5.82. The lowest BCUT2D eigenvalue weighted by Crippen LogP contribution is -2.44. The van der Waals surface area contributed by atoms with Crippen molar-refractivity contribution in [2.45, 2.75) is 38.6 Å². The Hall–Kier alpha value is -1.98. The third-order valence-corrected chi connectivity index (χ3v) is 5.44. The Kier molecular flexibility index (Phi) is 5.06. The summed E-state index contributed by atoms with van der Waals surface area (Å²) in [5, 5.41) is 0. The Morgan fingerprint density at radius 1 is 1.08 bits per heavy atom. The molecule has 2 aliphatic rings. The molecule has 0 aromatic heterocycles. The van der Waals surface area contributed by atoms with Gasteiger partial charge in [-0.25, -0.2) is 8.78 Å². The van der Waals surface area contributed by atoms with E-state index in [-0.39, 0.29) is 29.7 Å². The first kappa shape index (κ1) is 17.8. The molecule has 0 spiro atoms. The number of rotatable bonds is 4. The number of carbonyl (C=O) groups excluding carboxylic acids is 2. The highest BCUT2D eigenvalue weighted by Crippen LogP contribution is 2.33. The van der Waals surface area contributed by atoms with Crippen LogP contribution in [0.5, 0.6) is 0 Å². The molecule has 1 aliphatic carbocycles. The molecule has 0 radical (unpaired) electrons. The second kappa shape index (κ2) is 7.10. The van der Waals surface area contributed by atoms with Gasteiger partial charge in [0.1, 0.15) is 0 Å². The van der Waals surface area contributed by atoms with Crippen LogP contribution in [0.2, 0.25) is 0 Å². The van der Waals surface area contributed by atoms with Crippen LogP contribution in [0.15, 0.2) is 18.2 Å². The first-order valence-electron chi connectivity index (χ1n) is 8.89. The minimum atomic E-state index is -0.905. The van der Waals surface area contributed by atoms with Gasteiger partial charge < -0.3 is 9.80 Å². The fourth-order valence-electron chi connectivity index (χ4n) is 3.41. The van der Waals surface area contributed by atoms with E-state index < -0.39 is 11.6 Å². The van der Waals surface area contributed by atoms with E-state index in [1.807, 2.05) is 4.90 Å². The number of nitrogens with zero attached hydrogens (tertiary/aromatic N) is 2. The van der Waals surface area contributed by atoms with E-state index in [2.05, 4.69) is 0 Å². The minimum Gasteiger partial charge on any atom is -0.342 e. The van der Waals surface area contributed by atoms with Crippen LogP contribution in [0.25, 0.3) is 0 Å². The van der Waals surface area contributed by atoms with Crippen molar-refractivity contribution < 1.29 is 18.4 Å². The quantitative estimate of drug-likeness (QED) is 0.837. The van der Waals surface area contributed by atoms with E-state index in [1.165, 1.54) is 6.07 Å². The van der Waals surface area contributed by atoms with Gasteiger partial charge in [0.2, 0.25) is 11.8 Å². The van der Waals surface area contributed by atoms with Gasteiger partial charge in [0.05, 0.1) is 6.04 Å². The summed E-state index contributed by atoms with van der Waals surface area (Å²) in [6, 6.07) is 3.39. The van der Waals surface area contributed by atoms with Gasteiger partial charge in [0, 0.05) is 32.0 Å². The molecule has 0 N–H and O–H groups in total. The Morgan fingerprint density at radius 2 is 1.72 bits per heavy atom. The molecule has 4 nitrogen and oxygen atoms in total. The maximum absolute atomic E-state index is 13.4. The summed E-state index contributed by atoms with van der Waals surface area (Å²) >= 11 is 0. The molecule has 1 aromatic rings. The number of piperidine rings is 1. The van der Waals surface area contributed by atoms with E-state index in [0.717, 1.165) is 25.0 Å². The fraction of sp³-hybridized carbons (Fsp3) is 0.579. The van der Waals surface area contributed by atoms with E-state index in [0.29, 0.717) is 31.5 Å². The number of likely N-dealkylation sites (tertiary alicyclic amines) is 1. The Morgan fingerprint density at radius 3 is 2.28 bits per heavy atom. The third kappa shape index (κ3) is 3.83. The first-order valence-corrected chi connectivity index (χ1v) is 8.89. The predicted octanol–water partition coefficient (Wildman–Crippen LogP) is 3.13. The molecule has 0 bridgehead atoms. The van der Waals surface area contributed by atoms with E-state index in [4.69, 9.17) is 0 Å². The second-order valence-electron chi connectivity index (χ2n) is 7.17. The summed E-state index contributed by atoms with van der Waals surface area (Å²) < 4.78 is 26.5. The van der Waals surface area contributed by atoms with Crippen molar-refractivity contribution in [2.75, 3.05) is 20.1 Å². The highest BCUT2D eigenvalue weighted by atomic mass is 19.2. The van der Waals surface area contributed by atoms with Crippen molar-refractivity contribution >= 4 is 11.8 Å². The lowest BCUT2D eigenvalue weighted by Gasteiger charge is -2.35. The van der Waals surface area contributed by atoms with Gasteiger partial charge in [-0.05, 0) is 50.3 Å². The third-order valence-electron chi connectivity index (χ3n) is 5.44. The molecule has 1 saturated carbocycles. The van der Waals surface area contributed by atoms with Crippen LogP contribution in [0, 0.1) is 23.5 Å². The van der Waals surface area contributed by atoms with Crippen molar-refractivity contribution in [3.63, 3.8) is 0 Å². The number of halogens is 2. The minimum absolute atomic E-state index is 0.00393. The molecule has 6 heteroatoms. The highest BCUT2D eigenvalue weighted by Gasteiger charge is 2.36. The van der Waals surface area contributed by atoms with Gasteiger partial charge in [-0.2, -0.15) is 0 Å². The smallest absolute Gasteiger partial charge is 0.226 e. The second-order valence-corrected chi connectivity index (χ2v) is 7.17. The summed E-state index contributed by atoms with van der Waals surface area (Å²) in [6.45, 7) is 3.05. The molecule has 2 amide bonds. The van der Waals surface area contributed by atoms with E-state index in [1.54, 1.807) is 18.9 Å². The molecule has 1 aliphatic heterocycles. The Labute approximate surface area is 146 Å². The SMILES string of the molecule is CC(c1ccc(F)c(F)c1)N(C)C(=O)C1CCN(C(=O)C2CC2)CC1. The number of hydrogen-bond donors (Lipinski definition) is 0. The van der Waals surface area contributed by atoms with Crippen molar-refractivity contribution in [1.29, 1.82) is 0 Å². The van der Waals surface area contributed by atoms with Gasteiger partial charge in [-0.1, -0.05) is 6.07 Å².